The molecule has 0 radical (unpaired) electrons. The molecule has 0 fully saturated rings. The van der Waals surface area contributed by atoms with Gasteiger partial charge in [-0.3, -0.25) is 4.79 Å². The number of aromatic nitrogens is 2. The van der Waals surface area contributed by atoms with Gasteiger partial charge >= 0.3 is 0 Å². The minimum Gasteiger partial charge on any atom is -0.349 e. The van der Waals surface area contributed by atoms with Crippen LogP contribution in [0.5, 0.6) is 0 Å². The van der Waals surface area contributed by atoms with Gasteiger partial charge in [0.15, 0.2) is 5.82 Å². The first-order valence-corrected chi connectivity index (χ1v) is 4.85. The summed E-state index contributed by atoms with van der Waals surface area (Å²) in [4.78, 5) is 15.8. The van der Waals surface area contributed by atoms with E-state index >= 15 is 0 Å². The molecule has 0 bridgehead atoms. The maximum atomic E-state index is 11.8. The Morgan fingerprint density at radius 2 is 2.20 bits per heavy atom. The molecule has 5 nitrogen and oxygen atoms in total. The molecule has 0 aliphatic carbocycles. The van der Waals surface area contributed by atoms with Gasteiger partial charge in [0, 0.05) is 33.2 Å². The quantitative estimate of drug-likeness (QED) is 0.523. The predicted octanol–water partition coefficient (Wildman–Crippen LogP) is 1.09. The van der Waals surface area contributed by atoms with Crippen LogP contribution in [0.2, 0.25) is 0 Å². The van der Waals surface area contributed by atoms with Gasteiger partial charge in [-0.05, 0) is 6.42 Å². The Morgan fingerprint density at radius 1 is 1.53 bits per heavy atom. The minimum absolute atomic E-state index is 0.251. The Bertz CT molecular complexity index is 318. The van der Waals surface area contributed by atoms with Gasteiger partial charge in [-0.25, -0.2) is 4.98 Å². The number of hydrogen-bond acceptors (Lipinski definition) is 4. The van der Waals surface area contributed by atoms with Crippen molar-refractivity contribution in [1.82, 2.24) is 9.55 Å². The van der Waals surface area contributed by atoms with Crippen molar-refractivity contribution < 1.29 is 14.3 Å². The predicted molar refractivity (Wildman–Crippen MR) is 54.7 cm³/mol. The molecule has 5 heteroatoms. The molecule has 0 N–H and O–H groups in total. The highest BCUT2D eigenvalue weighted by molar-refractivity contribution is 5.95. The summed E-state index contributed by atoms with van der Waals surface area (Å²) in [6.45, 7) is 2.81. The van der Waals surface area contributed by atoms with Crippen molar-refractivity contribution in [3.63, 3.8) is 0 Å². The normalized spacial score (nSPS) is 10.9. The van der Waals surface area contributed by atoms with Gasteiger partial charge in [0.25, 0.3) is 5.78 Å². The van der Waals surface area contributed by atoms with Crippen molar-refractivity contribution in [3.8, 4) is 0 Å². The molecule has 1 heterocycles. The molecule has 1 aromatic heterocycles. The van der Waals surface area contributed by atoms with Crippen molar-refractivity contribution >= 4 is 5.78 Å². The van der Waals surface area contributed by atoms with Gasteiger partial charge in [-0.2, -0.15) is 0 Å². The zero-order valence-corrected chi connectivity index (χ0v) is 9.27. The van der Waals surface area contributed by atoms with E-state index in [4.69, 9.17) is 9.47 Å². The van der Waals surface area contributed by atoms with Gasteiger partial charge in [0.1, 0.15) is 0 Å². The second-order valence-corrected chi connectivity index (χ2v) is 3.11. The number of ketones is 1. The van der Waals surface area contributed by atoms with E-state index in [9.17, 15) is 4.79 Å². The van der Waals surface area contributed by atoms with E-state index in [1.54, 1.807) is 17.0 Å². The summed E-state index contributed by atoms with van der Waals surface area (Å²) < 4.78 is 11.6. The summed E-state index contributed by atoms with van der Waals surface area (Å²) in [6.07, 6.45) is 3.45. The van der Waals surface area contributed by atoms with Crippen LogP contribution in [0.15, 0.2) is 12.4 Å². The van der Waals surface area contributed by atoms with Crippen molar-refractivity contribution in [2.75, 3.05) is 14.2 Å². The van der Waals surface area contributed by atoms with Crippen LogP contribution in [0.1, 0.15) is 24.0 Å². The lowest BCUT2D eigenvalue weighted by Gasteiger charge is -2.12. The molecule has 0 saturated heterocycles. The number of Topliss-reactive ketones (excluding diaryl/α,β-unsaturated/α-hetero) is 1. The molecule has 0 spiro atoms. The van der Waals surface area contributed by atoms with Gasteiger partial charge < -0.3 is 14.0 Å². The summed E-state index contributed by atoms with van der Waals surface area (Å²) in [6, 6.07) is 0. The Morgan fingerprint density at radius 3 is 2.73 bits per heavy atom. The molecule has 0 aliphatic heterocycles. The van der Waals surface area contributed by atoms with Gasteiger partial charge in [0.2, 0.25) is 6.29 Å². The fourth-order valence-corrected chi connectivity index (χ4v) is 1.37. The van der Waals surface area contributed by atoms with Crippen molar-refractivity contribution in [2.24, 2.45) is 0 Å². The molecule has 15 heavy (non-hydrogen) atoms. The van der Waals surface area contributed by atoms with Crippen LogP contribution in [0.4, 0.5) is 0 Å². The molecule has 1 rings (SSSR count). The third kappa shape index (κ3) is 2.64. The first-order valence-electron chi connectivity index (χ1n) is 4.85. The molecule has 1 aromatic rings. The highest BCUT2D eigenvalue weighted by Gasteiger charge is 2.22. The third-order valence-corrected chi connectivity index (χ3v) is 2.04. The minimum atomic E-state index is -0.872. The molecule has 0 aliphatic rings. The van der Waals surface area contributed by atoms with E-state index in [0.717, 1.165) is 13.0 Å². The Hall–Kier alpha value is -1.20. The number of carbonyl (C=O) groups is 1. The van der Waals surface area contributed by atoms with E-state index in [1.165, 1.54) is 14.2 Å². The first kappa shape index (κ1) is 11.9. The monoisotopic (exact) mass is 212 g/mol. The van der Waals surface area contributed by atoms with Crippen LogP contribution in [-0.2, 0) is 16.0 Å². The number of hydrogen-bond donors (Lipinski definition) is 0. The van der Waals surface area contributed by atoms with Gasteiger partial charge in [0.05, 0.1) is 0 Å². The van der Waals surface area contributed by atoms with Gasteiger partial charge in [-0.1, -0.05) is 6.92 Å². The SMILES string of the molecule is CCCn1ccnc1C(=O)C(OC)OC. The molecule has 0 aromatic carbocycles. The zero-order chi connectivity index (χ0) is 11.3. The number of nitrogens with zero attached hydrogens (tertiary/aromatic N) is 2. The molecule has 0 unspecified atom stereocenters. The molecular weight excluding hydrogens is 196 g/mol. The van der Waals surface area contributed by atoms with E-state index in [2.05, 4.69) is 4.98 Å². The number of ether oxygens (including phenoxy) is 2. The average molecular weight is 212 g/mol. The zero-order valence-electron chi connectivity index (χ0n) is 9.27. The second-order valence-electron chi connectivity index (χ2n) is 3.11. The molecular formula is C10H16N2O3. The lowest BCUT2D eigenvalue weighted by atomic mass is 10.3. The van der Waals surface area contributed by atoms with Crippen LogP contribution < -0.4 is 0 Å². The Kier molecular flexibility index (Phi) is 4.45. The highest BCUT2D eigenvalue weighted by atomic mass is 16.7. The molecule has 0 amide bonds. The van der Waals surface area contributed by atoms with Crippen molar-refractivity contribution in [1.29, 1.82) is 0 Å². The first-order chi connectivity index (χ1) is 7.24. The van der Waals surface area contributed by atoms with Crippen LogP contribution in [0.25, 0.3) is 0 Å². The smallest absolute Gasteiger partial charge is 0.254 e. The number of rotatable bonds is 6. The Balaban J connectivity index is 2.84. The number of methoxy groups -OCH3 is 2. The summed E-state index contributed by atoms with van der Waals surface area (Å²) in [5.41, 5.74) is 0. The Labute approximate surface area is 89.0 Å². The molecule has 84 valence electrons. The van der Waals surface area contributed by atoms with E-state index in [-0.39, 0.29) is 5.78 Å². The third-order valence-electron chi connectivity index (χ3n) is 2.04. The fourth-order valence-electron chi connectivity index (χ4n) is 1.37. The van der Waals surface area contributed by atoms with Crippen molar-refractivity contribution in [3.05, 3.63) is 18.2 Å². The average Bonchev–Trinajstić information content (AvgIpc) is 2.68. The van der Waals surface area contributed by atoms with Gasteiger partial charge in [-0.15, -0.1) is 0 Å². The largest absolute Gasteiger partial charge is 0.349 e. The van der Waals surface area contributed by atoms with Crippen LogP contribution in [0, 0.1) is 0 Å². The number of imidazole rings is 1. The highest BCUT2D eigenvalue weighted by Crippen LogP contribution is 2.06. The van der Waals surface area contributed by atoms with Crippen LogP contribution in [0.3, 0.4) is 0 Å². The number of carbonyl (C=O) groups excluding carboxylic acids is 1. The van der Waals surface area contributed by atoms with E-state index in [0.29, 0.717) is 5.82 Å². The summed E-state index contributed by atoms with van der Waals surface area (Å²) >= 11 is 0. The van der Waals surface area contributed by atoms with Crippen LogP contribution >= 0.6 is 0 Å². The summed E-state index contributed by atoms with van der Waals surface area (Å²) in [5.74, 6) is 0.129. The van der Waals surface area contributed by atoms with Crippen molar-refractivity contribution in [2.45, 2.75) is 26.2 Å². The fraction of sp³-hybridized carbons (Fsp3) is 0.600. The standard InChI is InChI=1S/C10H16N2O3/c1-4-6-12-7-5-11-9(12)8(13)10(14-2)15-3/h5,7,10H,4,6H2,1-3H3. The topological polar surface area (TPSA) is 53.4 Å². The lowest BCUT2D eigenvalue weighted by Crippen LogP contribution is -2.27. The second kappa shape index (κ2) is 5.63. The summed E-state index contributed by atoms with van der Waals surface area (Å²) in [5, 5.41) is 0. The van der Waals surface area contributed by atoms with E-state index < -0.39 is 6.29 Å². The number of aryl methyl sites for hydroxylation is 1. The maximum absolute atomic E-state index is 11.8. The molecule has 0 atom stereocenters. The molecule has 0 saturated carbocycles. The van der Waals surface area contributed by atoms with E-state index in [1.807, 2.05) is 6.92 Å². The summed E-state index contributed by atoms with van der Waals surface area (Å²) in [7, 11) is 2.86. The maximum Gasteiger partial charge on any atom is 0.254 e. The lowest BCUT2D eigenvalue weighted by molar-refractivity contribution is -0.0748. The van der Waals surface area contributed by atoms with Crippen LogP contribution in [-0.4, -0.2) is 35.8 Å².